The Morgan fingerprint density at radius 2 is 2.14 bits per heavy atom. The maximum absolute atomic E-state index is 11.2. The van der Waals surface area contributed by atoms with E-state index >= 15 is 0 Å². The minimum absolute atomic E-state index is 0.380. The van der Waals surface area contributed by atoms with E-state index in [0.29, 0.717) is 11.3 Å². The Morgan fingerprint density at radius 3 is 2.71 bits per heavy atom. The Labute approximate surface area is 84.6 Å². The molecule has 0 amide bonds. The number of carbonyl (C=O) groups is 1. The Balaban J connectivity index is 2.75. The Morgan fingerprint density at radius 1 is 1.50 bits per heavy atom. The van der Waals surface area contributed by atoms with E-state index in [-0.39, 0.29) is 5.97 Å². The van der Waals surface area contributed by atoms with Gasteiger partial charge in [-0.1, -0.05) is 12.5 Å². The van der Waals surface area contributed by atoms with Gasteiger partial charge in [0.15, 0.2) is 0 Å². The molecule has 0 heterocycles. The number of hydrogen-bond donors (Lipinski definition) is 0. The molecular formula is C12H14O2. The van der Waals surface area contributed by atoms with Crippen molar-refractivity contribution in [2.75, 3.05) is 0 Å². The highest BCUT2D eigenvalue weighted by molar-refractivity contribution is 5.87. The molecule has 1 aliphatic carbocycles. The number of ether oxygens (including phenoxy) is 1. The summed E-state index contributed by atoms with van der Waals surface area (Å²) in [5.74, 6) is 2.85. The average Bonchev–Trinajstić information content (AvgIpc) is 2.18. The molecule has 0 bridgehead atoms. The van der Waals surface area contributed by atoms with Crippen molar-refractivity contribution in [2.45, 2.75) is 32.6 Å². The zero-order chi connectivity index (χ0) is 10.6. The Bertz CT molecular complexity index is 329. The van der Waals surface area contributed by atoms with Crippen LogP contribution in [0.5, 0.6) is 0 Å². The van der Waals surface area contributed by atoms with Gasteiger partial charge >= 0.3 is 5.97 Å². The van der Waals surface area contributed by atoms with Gasteiger partial charge in [-0.05, 0) is 26.2 Å². The number of terminal acetylenes is 1. The van der Waals surface area contributed by atoms with E-state index in [1.165, 1.54) is 0 Å². The lowest BCUT2D eigenvalue weighted by molar-refractivity contribution is -0.135. The van der Waals surface area contributed by atoms with E-state index in [1.807, 2.05) is 0 Å². The van der Waals surface area contributed by atoms with Crippen molar-refractivity contribution in [3.05, 3.63) is 23.5 Å². The summed E-state index contributed by atoms with van der Waals surface area (Å²) in [6.45, 7) is 5.15. The molecule has 0 aliphatic heterocycles. The zero-order valence-electron chi connectivity index (χ0n) is 8.43. The fourth-order valence-corrected chi connectivity index (χ4v) is 1.34. The highest BCUT2D eigenvalue weighted by Crippen LogP contribution is 2.25. The van der Waals surface area contributed by atoms with Gasteiger partial charge in [0.1, 0.15) is 5.76 Å². The third-order valence-electron chi connectivity index (χ3n) is 2.16. The molecule has 0 atom stereocenters. The van der Waals surface area contributed by atoms with Crippen LogP contribution in [0.25, 0.3) is 0 Å². The molecule has 0 saturated carbocycles. The van der Waals surface area contributed by atoms with Crippen LogP contribution in [0, 0.1) is 12.3 Å². The van der Waals surface area contributed by atoms with Crippen molar-refractivity contribution in [1.82, 2.24) is 0 Å². The third kappa shape index (κ3) is 2.50. The summed E-state index contributed by atoms with van der Waals surface area (Å²) >= 11 is 0. The monoisotopic (exact) mass is 190 g/mol. The lowest BCUT2D eigenvalue weighted by Gasteiger charge is -2.16. The highest BCUT2D eigenvalue weighted by atomic mass is 16.5. The van der Waals surface area contributed by atoms with Crippen molar-refractivity contribution in [1.29, 1.82) is 0 Å². The van der Waals surface area contributed by atoms with Crippen LogP contribution in [0.4, 0.5) is 0 Å². The largest absolute Gasteiger partial charge is 0.427 e. The Kier molecular flexibility index (Phi) is 3.53. The topological polar surface area (TPSA) is 26.3 Å². The van der Waals surface area contributed by atoms with Crippen LogP contribution in [0.3, 0.4) is 0 Å². The predicted octanol–water partition coefficient (Wildman–Crippen LogP) is 2.57. The molecule has 14 heavy (non-hydrogen) atoms. The van der Waals surface area contributed by atoms with Crippen LogP contribution in [-0.4, -0.2) is 5.97 Å². The maximum Gasteiger partial charge on any atom is 0.338 e. The van der Waals surface area contributed by atoms with Crippen LogP contribution < -0.4 is 0 Å². The van der Waals surface area contributed by atoms with E-state index in [1.54, 1.807) is 6.92 Å². The second-order valence-electron chi connectivity index (χ2n) is 3.42. The van der Waals surface area contributed by atoms with Gasteiger partial charge in [0.25, 0.3) is 0 Å². The molecule has 0 spiro atoms. The first-order valence-electron chi connectivity index (χ1n) is 4.71. The van der Waals surface area contributed by atoms with Gasteiger partial charge < -0.3 is 4.74 Å². The molecule has 74 valence electrons. The van der Waals surface area contributed by atoms with Gasteiger partial charge in [0.2, 0.25) is 0 Å². The first kappa shape index (κ1) is 10.6. The summed E-state index contributed by atoms with van der Waals surface area (Å²) in [6.07, 6.45) is 9.04. The number of hydrogen-bond acceptors (Lipinski definition) is 2. The predicted molar refractivity (Wildman–Crippen MR) is 55.2 cm³/mol. The van der Waals surface area contributed by atoms with Crippen LogP contribution in [-0.2, 0) is 9.53 Å². The highest BCUT2D eigenvalue weighted by Gasteiger charge is 2.15. The van der Waals surface area contributed by atoms with E-state index in [9.17, 15) is 4.79 Å². The average molecular weight is 190 g/mol. The second kappa shape index (κ2) is 4.66. The molecule has 0 radical (unpaired) electrons. The number of allylic oxidation sites excluding steroid dienone is 2. The Hall–Kier alpha value is -1.49. The summed E-state index contributed by atoms with van der Waals surface area (Å²) in [4.78, 5) is 11.2. The van der Waals surface area contributed by atoms with Gasteiger partial charge in [-0.2, -0.15) is 0 Å². The van der Waals surface area contributed by atoms with Gasteiger partial charge in [-0.3, -0.25) is 0 Å². The van der Waals surface area contributed by atoms with E-state index < -0.39 is 0 Å². The number of carbonyl (C=O) groups excluding carboxylic acids is 1. The van der Waals surface area contributed by atoms with Crippen LogP contribution in [0.1, 0.15) is 32.6 Å². The fourth-order valence-electron chi connectivity index (χ4n) is 1.34. The van der Waals surface area contributed by atoms with Crippen molar-refractivity contribution < 1.29 is 9.53 Å². The van der Waals surface area contributed by atoms with E-state index in [4.69, 9.17) is 11.2 Å². The van der Waals surface area contributed by atoms with Crippen LogP contribution >= 0.6 is 0 Å². The van der Waals surface area contributed by atoms with Gasteiger partial charge in [0, 0.05) is 17.6 Å². The molecule has 0 saturated heterocycles. The number of rotatable bonds is 2. The molecule has 0 fully saturated rings. The molecule has 0 unspecified atom stereocenters. The smallest absolute Gasteiger partial charge is 0.338 e. The molecule has 1 aliphatic rings. The molecule has 0 N–H and O–H groups in total. The number of esters is 1. The summed E-state index contributed by atoms with van der Waals surface area (Å²) in [6, 6.07) is 0. The summed E-state index contributed by atoms with van der Waals surface area (Å²) in [5.41, 5.74) is 1.23. The quantitative estimate of drug-likeness (QED) is 0.380. The minimum Gasteiger partial charge on any atom is -0.427 e. The second-order valence-corrected chi connectivity index (χ2v) is 3.42. The van der Waals surface area contributed by atoms with Crippen molar-refractivity contribution in [3.63, 3.8) is 0 Å². The SMILES string of the molecule is C#CC1=C(OC(=O)C(=C)C)CCCC1. The molecule has 2 nitrogen and oxygen atoms in total. The first-order chi connectivity index (χ1) is 6.65. The maximum atomic E-state index is 11.2. The molecule has 2 heteroatoms. The zero-order valence-corrected chi connectivity index (χ0v) is 8.43. The molecule has 0 aromatic rings. The molecule has 1 rings (SSSR count). The summed E-state index contributed by atoms with van der Waals surface area (Å²) in [5, 5.41) is 0. The van der Waals surface area contributed by atoms with Crippen LogP contribution in [0.15, 0.2) is 23.5 Å². The van der Waals surface area contributed by atoms with Gasteiger partial charge in [-0.15, -0.1) is 6.42 Å². The normalized spacial score (nSPS) is 16.0. The molecular weight excluding hydrogens is 176 g/mol. The van der Waals surface area contributed by atoms with Gasteiger partial charge in [0.05, 0.1) is 0 Å². The first-order valence-corrected chi connectivity index (χ1v) is 4.71. The summed E-state index contributed by atoms with van der Waals surface area (Å²) < 4.78 is 5.15. The molecule has 0 aromatic heterocycles. The van der Waals surface area contributed by atoms with E-state index in [0.717, 1.165) is 31.3 Å². The minimum atomic E-state index is -0.380. The third-order valence-corrected chi connectivity index (χ3v) is 2.16. The lowest BCUT2D eigenvalue weighted by atomic mass is 9.98. The lowest BCUT2D eigenvalue weighted by Crippen LogP contribution is -2.09. The van der Waals surface area contributed by atoms with Crippen molar-refractivity contribution in [3.8, 4) is 12.3 Å². The molecule has 0 aromatic carbocycles. The standard InChI is InChI=1S/C12H14O2/c1-4-10-7-5-6-8-11(10)14-12(13)9(2)3/h1H,2,5-8H2,3H3. The van der Waals surface area contributed by atoms with Crippen LogP contribution in [0.2, 0.25) is 0 Å². The van der Waals surface area contributed by atoms with Crippen molar-refractivity contribution in [2.24, 2.45) is 0 Å². The summed E-state index contributed by atoms with van der Waals surface area (Å²) in [7, 11) is 0. The van der Waals surface area contributed by atoms with E-state index in [2.05, 4.69) is 12.5 Å². The van der Waals surface area contributed by atoms with Gasteiger partial charge in [-0.25, -0.2) is 4.79 Å². The fraction of sp³-hybridized carbons (Fsp3) is 0.417. The van der Waals surface area contributed by atoms with Crippen molar-refractivity contribution >= 4 is 5.97 Å².